The zero-order valence-electron chi connectivity index (χ0n) is 36.6. The van der Waals surface area contributed by atoms with Gasteiger partial charge in [-0.05, 0) is 44.9 Å². The monoisotopic (exact) mass is 778 g/mol. The van der Waals surface area contributed by atoms with Crippen LogP contribution < -0.4 is 5.11 Å². The fourth-order valence-electron chi connectivity index (χ4n) is 6.75. The molecule has 322 valence electrons. The van der Waals surface area contributed by atoms with Gasteiger partial charge < -0.3 is 28.6 Å². The van der Waals surface area contributed by atoms with Gasteiger partial charge in [0.25, 0.3) is 0 Å². The molecule has 0 spiro atoms. The maximum Gasteiger partial charge on any atom is 0.306 e. The van der Waals surface area contributed by atoms with Crippen molar-refractivity contribution in [1.82, 2.24) is 0 Å². The molecule has 0 aliphatic heterocycles. The number of allylic oxidation sites excluding steroid dienone is 4. The Labute approximate surface area is 339 Å². The summed E-state index contributed by atoms with van der Waals surface area (Å²) in [4.78, 5) is 36.7. The highest BCUT2D eigenvalue weighted by atomic mass is 16.6. The molecule has 0 heterocycles. The van der Waals surface area contributed by atoms with Crippen LogP contribution in [-0.2, 0) is 28.6 Å². The van der Waals surface area contributed by atoms with Crippen molar-refractivity contribution in [2.45, 2.75) is 219 Å². The van der Waals surface area contributed by atoms with Crippen molar-refractivity contribution >= 4 is 17.9 Å². The molecule has 0 aliphatic rings. The Morgan fingerprint density at radius 3 is 1.40 bits per heavy atom. The van der Waals surface area contributed by atoms with Crippen LogP contribution in [0.2, 0.25) is 0 Å². The highest BCUT2D eigenvalue weighted by molar-refractivity contribution is 5.70. The third-order valence-corrected chi connectivity index (χ3v) is 10.3. The first kappa shape index (κ1) is 52.8. The summed E-state index contributed by atoms with van der Waals surface area (Å²) in [6.45, 7) is 4.63. The number of ether oxygens (including phenoxy) is 3. The Morgan fingerprint density at radius 1 is 0.545 bits per heavy atom. The van der Waals surface area contributed by atoms with E-state index in [0.717, 1.165) is 51.4 Å². The summed E-state index contributed by atoms with van der Waals surface area (Å²) in [7, 11) is 5.40. The van der Waals surface area contributed by atoms with E-state index in [0.29, 0.717) is 12.8 Å². The van der Waals surface area contributed by atoms with Crippen LogP contribution in [0.15, 0.2) is 24.3 Å². The third-order valence-electron chi connectivity index (χ3n) is 10.3. The van der Waals surface area contributed by atoms with Crippen LogP contribution in [0.1, 0.15) is 206 Å². The second-order valence-corrected chi connectivity index (χ2v) is 16.6. The van der Waals surface area contributed by atoms with Gasteiger partial charge in [0, 0.05) is 19.3 Å². The van der Waals surface area contributed by atoms with Gasteiger partial charge in [-0.25, -0.2) is 0 Å². The van der Waals surface area contributed by atoms with E-state index < -0.39 is 18.1 Å². The van der Waals surface area contributed by atoms with Crippen molar-refractivity contribution in [2.24, 2.45) is 0 Å². The normalized spacial score (nSPS) is 13.1. The van der Waals surface area contributed by atoms with Gasteiger partial charge in [0.1, 0.15) is 12.6 Å². The number of hydrogen-bond donors (Lipinski definition) is 0. The number of unbranched alkanes of at least 4 members (excludes halogenated alkanes) is 23. The quantitative estimate of drug-likeness (QED) is 0.0264. The molecule has 0 fully saturated rings. The number of esters is 2. The molecule has 0 bridgehead atoms. The second kappa shape index (κ2) is 38.7. The molecule has 0 saturated heterocycles. The lowest BCUT2D eigenvalue weighted by molar-refractivity contribution is -0.889. The maximum atomic E-state index is 12.7. The predicted molar refractivity (Wildman–Crippen MR) is 227 cm³/mol. The van der Waals surface area contributed by atoms with Crippen molar-refractivity contribution in [1.29, 1.82) is 0 Å². The molecule has 0 radical (unpaired) electrons. The van der Waals surface area contributed by atoms with Gasteiger partial charge in [-0.15, -0.1) is 0 Å². The van der Waals surface area contributed by atoms with Crippen LogP contribution >= 0.6 is 0 Å². The molecule has 8 nitrogen and oxygen atoms in total. The van der Waals surface area contributed by atoms with E-state index in [1.165, 1.54) is 122 Å². The molecule has 2 atom stereocenters. The lowest BCUT2D eigenvalue weighted by Crippen LogP contribution is -2.55. The Bertz CT molecular complexity index is 957. The molecule has 0 aromatic rings. The molecule has 55 heavy (non-hydrogen) atoms. The Kier molecular flexibility index (Phi) is 37.1. The molecule has 0 rings (SSSR count). The molecule has 2 unspecified atom stereocenters. The molecule has 0 N–H and O–H groups in total. The first-order valence-electron chi connectivity index (χ1n) is 22.9. The average molecular weight is 778 g/mol. The zero-order valence-corrected chi connectivity index (χ0v) is 36.6. The minimum Gasteiger partial charge on any atom is -0.544 e. The molecule has 0 saturated carbocycles. The summed E-state index contributed by atoms with van der Waals surface area (Å²) in [5, 5.41) is 11.6. The van der Waals surface area contributed by atoms with Crippen molar-refractivity contribution in [2.75, 3.05) is 41.0 Å². The number of likely N-dealkylation sites (N-methyl/N-ethyl adjacent to an activating group) is 1. The highest BCUT2D eigenvalue weighted by Gasteiger charge is 2.25. The van der Waals surface area contributed by atoms with Gasteiger partial charge in [0.15, 0.2) is 6.10 Å². The van der Waals surface area contributed by atoms with Crippen LogP contribution in [0, 0.1) is 0 Å². The van der Waals surface area contributed by atoms with Gasteiger partial charge in [-0.1, -0.05) is 167 Å². The number of carbonyl (C=O) groups excluding carboxylic acids is 3. The van der Waals surface area contributed by atoms with Crippen LogP contribution in [0.25, 0.3) is 0 Å². The first-order valence-corrected chi connectivity index (χ1v) is 22.9. The summed E-state index contributed by atoms with van der Waals surface area (Å²) in [6, 6.07) is -0.723. The highest BCUT2D eigenvalue weighted by Crippen LogP contribution is 2.14. The Hall–Kier alpha value is -2.19. The standard InChI is InChI=1S/C47H87NO7/c1-6-8-10-12-14-16-17-18-19-20-21-22-23-24-25-26-27-28-29-30-32-34-36-38-46(50)55-43(41-53-40-39-44(47(51)52)48(3,4)5)42-54-45(49)37-35-33-31-15-13-11-9-7-2/h21-22,24-25,43-44H,6-20,23,26-42H2,1-5H3/b22-21+,25-24+. The number of nitrogens with zero attached hydrogens (tertiary/aromatic N) is 1. The van der Waals surface area contributed by atoms with E-state index in [9.17, 15) is 19.5 Å². The first-order chi connectivity index (χ1) is 26.6. The average Bonchev–Trinajstić information content (AvgIpc) is 3.14. The number of carboxylic acid groups (broad SMARTS) is 1. The van der Waals surface area contributed by atoms with E-state index in [-0.39, 0.29) is 42.7 Å². The molecular formula is C47H87NO7. The van der Waals surface area contributed by atoms with Crippen LogP contribution in [-0.4, -0.2) is 75.5 Å². The smallest absolute Gasteiger partial charge is 0.306 e. The minimum absolute atomic E-state index is 0.0407. The fourth-order valence-corrected chi connectivity index (χ4v) is 6.75. The number of rotatable bonds is 41. The molecule has 0 amide bonds. The summed E-state index contributed by atoms with van der Waals surface area (Å²) in [5.74, 6) is -1.74. The van der Waals surface area contributed by atoms with Gasteiger partial charge in [0.2, 0.25) is 0 Å². The molecular weight excluding hydrogens is 691 g/mol. The van der Waals surface area contributed by atoms with Crippen LogP contribution in [0.3, 0.4) is 0 Å². The van der Waals surface area contributed by atoms with Crippen molar-refractivity contribution in [3.8, 4) is 0 Å². The summed E-state index contributed by atoms with van der Waals surface area (Å²) in [5.41, 5.74) is 0. The SMILES string of the molecule is CCCCCCCCCCC/C=C/C/C=C/CCCCCCCCCC(=O)OC(COCCC(C(=O)[O-])[N+](C)(C)C)COC(=O)CCCCCCCCCC. The Balaban J connectivity index is 4.19. The van der Waals surface area contributed by atoms with Crippen LogP contribution in [0.5, 0.6) is 0 Å². The van der Waals surface area contributed by atoms with Crippen molar-refractivity contribution in [3.05, 3.63) is 24.3 Å². The Morgan fingerprint density at radius 2 is 0.964 bits per heavy atom. The van der Waals surface area contributed by atoms with Crippen molar-refractivity contribution in [3.63, 3.8) is 0 Å². The van der Waals surface area contributed by atoms with E-state index >= 15 is 0 Å². The molecule has 8 heteroatoms. The summed E-state index contributed by atoms with van der Waals surface area (Å²) < 4.78 is 17.1. The van der Waals surface area contributed by atoms with E-state index in [1.807, 2.05) is 0 Å². The second-order valence-electron chi connectivity index (χ2n) is 16.6. The van der Waals surface area contributed by atoms with E-state index in [2.05, 4.69) is 38.2 Å². The van der Waals surface area contributed by atoms with Crippen molar-refractivity contribution < 1.29 is 38.2 Å². The number of carboxylic acids is 1. The molecule has 0 aromatic heterocycles. The van der Waals surface area contributed by atoms with Gasteiger partial charge in [-0.2, -0.15) is 0 Å². The molecule has 0 aromatic carbocycles. The van der Waals surface area contributed by atoms with E-state index in [4.69, 9.17) is 14.2 Å². The lowest BCUT2D eigenvalue weighted by atomic mass is 10.1. The number of quaternary nitrogens is 1. The van der Waals surface area contributed by atoms with Gasteiger partial charge in [0.05, 0.1) is 40.3 Å². The largest absolute Gasteiger partial charge is 0.544 e. The fraction of sp³-hybridized carbons (Fsp3) is 0.851. The predicted octanol–water partition coefficient (Wildman–Crippen LogP) is 11.1. The topological polar surface area (TPSA) is 102 Å². The molecule has 0 aliphatic carbocycles. The minimum atomic E-state index is -1.13. The number of carbonyl (C=O) groups is 3. The summed E-state index contributed by atoms with van der Waals surface area (Å²) in [6.07, 6.45) is 42.2. The lowest BCUT2D eigenvalue weighted by Gasteiger charge is -2.34. The van der Waals surface area contributed by atoms with Gasteiger partial charge >= 0.3 is 11.9 Å². The maximum absolute atomic E-state index is 12.7. The number of aliphatic carboxylic acids is 1. The number of hydrogen-bond acceptors (Lipinski definition) is 7. The third kappa shape index (κ3) is 37.2. The van der Waals surface area contributed by atoms with E-state index in [1.54, 1.807) is 21.1 Å². The zero-order chi connectivity index (χ0) is 40.7. The summed E-state index contributed by atoms with van der Waals surface area (Å²) >= 11 is 0. The van der Waals surface area contributed by atoms with Crippen LogP contribution in [0.4, 0.5) is 0 Å². The van der Waals surface area contributed by atoms with Gasteiger partial charge in [-0.3, -0.25) is 9.59 Å².